The third kappa shape index (κ3) is 4.21. The first kappa shape index (κ1) is 20.1. The van der Waals surface area contributed by atoms with Crippen molar-refractivity contribution in [3.63, 3.8) is 0 Å². The highest BCUT2D eigenvalue weighted by Crippen LogP contribution is 2.34. The molecule has 7 heteroatoms. The zero-order valence-electron chi connectivity index (χ0n) is 16.7. The summed E-state index contributed by atoms with van der Waals surface area (Å²) in [6, 6.07) is 13.5. The van der Waals surface area contributed by atoms with Gasteiger partial charge in [0.05, 0.1) is 13.2 Å². The standard InChI is InChI=1S/C23H24FN3O3/c1-30-21(28)11-10-19-22-17(16-4-2-3-5-18(16)27-22)12-20(26-19)23(29)25-13-14-6-8-15(24)9-7-14/h2-9,19-20,26-27H,10-13H2,1H3,(H,25,29)/t19-,20-/m0/s1. The highest BCUT2D eigenvalue weighted by molar-refractivity contribution is 5.88. The summed E-state index contributed by atoms with van der Waals surface area (Å²) in [6.07, 6.45) is 1.32. The first-order valence-corrected chi connectivity index (χ1v) is 9.99. The van der Waals surface area contributed by atoms with Crippen LogP contribution in [-0.4, -0.2) is 30.0 Å². The summed E-state index contributed by atoms with van der Waals surface area (Å²) in [4.78, 5) is 28.0. The van der Waals surface area contributed by atoms with Crippen molar-refractivity contribution in [2.24, 2.45) is 0 Å². The van der Waals surface area contributed by atoms with E-state index >= 15 is 0 Å². The molecule has 4 rings (SSSR count). The third-order valence-corrected chi connectivity index (χ3v) is 5.57. The van der Waals surface area contributed by atoms with Crippen molar-refractivity contribution in [1.82, 2.24) is 15.6 Å². The SMILES string of the molecule is COC(=O)CC[C@@H]1N[C@H](C(=O)NCc2ccc(F)cc2)Cc2c1[nH]c1ccccc21. The Kier molecular flexibility index (Phi) is 5.81. The third-order valence-electron chi connectivity index (χ3n) is 5.57. The van der Waals surface area contributed by atoms with E-state index in [0.717, 1.165) is 27.7 Å². The molecule has 0 radical (unpaired) electrons. The van der Waals surface area contributed by atoms with Crippen molar-refractivity contribution in [3.05, 3.63) is 71.2 Å². The number of aromatic amines is 1. The minimum absolute atomic E-state index is 0.127. The van der Waals surface area contributed by atoms with Crippen LogP contribution >= 0.6 is 0 Å². The first-order valence-electron chi connectivity index (χ1n) is 9.99. The molecule has 2 heterocycles. The summed E-state index contributed by atoms with van der Waals surface area (Å²) in [6.45, 7) is 0.324. The topological polar surface area (TPSA) is 83.2 Å². The largest absolute Gasteiger partial charge is 0.469 e. The molecule has 0 spiro atoms. The fourth-order valence-corrected chi connectivity index (χ4v) is 4.00. The summed E-state index contributed by atoms with van der Waals surface area (Å²) < 4.78 is 17.9. The summed E-state index contributed by atoms with van der Waals surface area (Å²) in [5, 5.41) is 7.41. The number of methoxy groups -OCH3 is 1. The van der Waals surface area contributed by atoms with Gasteiger partial charge in [0, 0.05) is 35.6 Å². The Bertz CT molecular complexity index is 1060. The Balaban J connectivity index is 1.53. The number of fused-ring (bicyclic) bond motifs is 3. The molecule has 1 aromatic heterocycles. The van der Waals surface area contributed by atoms with Gasteiger partial charge >= 0.3 is 5.97 Å². The zero-order valence-corrected chi connectivity index (χ0v) is 16.7. The predicted octanol–water partition coefficient (Wildman–Crippen LogP) is 3.13. The number of nitrogens with one attached hydrogen (secondary N) is 3. The molecule has 156 valence electrons. The second-order valence-corrected chi connectivity index (χ2v) is 7.50. The second kappa shape index (κ2) is 8.67. The van der Waals surface area contributed by atoms with Gasteiger partial charge in [0.25, 0.3) is 0 Å². The minimum Gasteiger partial charge on any atom is -0.469 e. The molecule has 3 N–H and O–H groups in total. The molecular weight excluding hydrogens is 385 g/mol. The van der Waals surface area contributed by atoms with E-state index in [4.69, 9.17) is 4.74 Å². The fraction of sp³-hybridized carbons (Fsp3) is 0.304. The Morgan fingerprint density at radius 2 is 1.93 bits per heavy atom. The van der Waals surface area contributed by atoms with Gasteiger partial charge in [-0.1, -0.05) is 30.3 Å². The number of amides is 1. The van der Waals surface area contributed by atoms with Crippen LogP contribution < -0.4 is 10.6 Å². The van der Waals surface area contributed by atoms with Crippen LogP contribution in [0.15, 0.2) is 48.5 Å². The van der Waals surface area contributed by atoms with Crippen LogP contribution in [0, 0.1) is 5.82 Å². The number of aromatic nitrogens is 1. The molecule has 1 aliphatic heterocycles. The predicted molar refractivity (Wildman–Crippen MR) is 111 cm³/mol. The van der Waals surface area contributed by atoms with E-state index in [0.29, 0.717) is 19.4 Å². The lowest BCUT2D eigenvalue weighted by molar-refractivity contribution is -0.140. The van der Waals surface area contributed by atoms with Crippen molar-refractivity contribution < 1.29 is 18.7 Å². The Labute approximate surface area is 173 Å². The van der Waals surface area contributed by atoms with E-state index < -0.39 is 6.04 Å². The molecule has 0 unspecified atom stereocenters. The van der Waals surface area contributed by atoms with Crippen LogP contribution in [0.4, 0.5) is 4.39 Å². The summed E-state index contributed by atoms with van der Waals surface area (Å²) in [5.41, 5.74) is 3.96. The van der Waals surface area contributed by atoms with Gasteiger partial charge in [0.15, 0.2) is 0 Å². The molecule has 1 aliphatic rings. The van der Waals surface area contributed by atoms with Crippen LogP contribution in [0.25, 0.3) is 10.9 Å². The van der Waals surface area contributed by atoms with Crippen molar-refractivity contribution in [1.29, 1.82) is 0 Å². The van der Waals surface area contributed by atoms with E-state index in [2.05, 4.69) is 15.6 Å². The molecule has 6 nitrogen and oxygen atoms in total. The summed E-state index contributed by atoms with van der Waals surface area (Å²) >= 11 is 0. The number of carbonyl (C=O) groups excluding carboxylic acids is 2. The number of halogens is 1. The number of rotatable bonds is 6. The van der Waals surface area contributed by atoms with Crippen molar-refractivity contribution in [3.8, 4) is 0 Å². The second-order valence-electron chi connectivity index (χ2n) is 7.50. The maximum atomic E-state index is 13.1. The molecule has 1 amide bonds. The lowest BCUT2D eigenvalue weighted by Crippen LogP contribution is -2.49. The van der Waals surface area contributed by atoms with Gasteiger partial charge in [-0.2, -0.15) is 0 Å². The van der Waals surface area contributed by atoms with Crippen LogP contribution in [0.1, 0.15) is 35.7 Å². The van der Waals surface area contributed by atoms with Crippen molar-refractivity contribution in [2.45, 2.75) is 37.9 Å². The number of ether oxygens (including phenoxy) is 1. The summed E-state index contributed by atoms with van der Waals surface area (Å²) in [7, 11) is 1.37. The van der Waals surface area contributed by atoms with Crippen LogP contribution in [0.5, 0.6) is 0 Å². The minimum atomic E-state index is -0.431. The van der Waals surface area contributed by atoms with Gasteiger partial charge < -0.3 is 15.0 Å². The number of para-hydroxylation sites is 1. The average molecular weight is 409 g/mol. The van der Waals surface area contributed by atoms with Gasteiger partial charge in [0.1, 0.15) is 5.82 Å². The number of benzene rings is 2. The van der Waals surface area contributed by atoms with Crippen LogP contribution in [0.2, 0.25) is 0 Å². The Morgan fingerprint density at radius 1 is 1.17 bits per heavy atom. The van der Waals surface area contributed by atoms with E-state index in [1.54, 1.807) is 12.1 Å². The van der Waals surface area contributed by atoms with E-state index in [-0.39, 0.29) is 30.2 Å². The number of carbonyl (C=O) groups is 2. The number of hydrogen-bond acceptors (Lipinski definition) is 4. The fourth-order valence-electron chi connectivity index (χ4n) is 4.00. The molecule has 2 aromatic carbocycles. The quantitative estimate of drug-likeness (QED) is 0.546. The Morgan fingerprint density at radius 3 is 2.70 bits per heavy atom. The summed E-state index contributed by atoms with van der Waals surface area (Å²) in [5.74, 6) is -0.713. The van der Waals surface area contributed by atoms with Gasteiger partial charge in [-0.25, -0.2) is 4.39 Å². The molecule has 0 saturated heterocycles. The van der Waals surface area contributed by atoms with Crippen LogP contribution in [-0.2, 0) is 27.3 Å². The lowest BCUT2D eigenvalue weighted by atomic mass is 9.91. The highest BCUT2D eigenvalue weighted by Gasteiger charge is 2.33. The number of H-pyrrole nitrogens is 1. The molecule has 0 fully saturated rings. The van der Waals surface area contributed by atoms with Crippen molar-refractivity contribution in [2.75, 3.05) is 7.11 Å². The van der Waals surface area contributed by atoms with E-state index in [1.807, 2.05) is 24.3 Å². The molecule has 30 heavy (non-hydrogen) atoms. The van der Waals surface area contributed by atoms with E-state index in [9.17, 15) is 14.0 Å². The lowest BCUT2D eigenvalue weighted by Gasteiger charge is -2.30. The number of esters is 1. The van der Waals surface area contributed by atoms with Crippen LogP contribution in [0.3, 0.4) is 0 Å². The van der Waals surface area contributed by atoms with Crippen molar-refractivity contribution >= 4 is 22.8 Å². The average Bonchev–Trinajstić information content (AvgIpc) is 3.15. The van der Waals surface area contributed by atoms with E-state index in [1.165, 1.54) is 19.2 Å². The molecule has 0 aliphatic carbocycles. The monoisotopic (exact) mass is 409 g/mol. The zero-order chi connectivity index (χ0) is 21.1. The normalized spacial score (nSPS) is 18.1. The molecule has 0 bridgehead atoms. The first-order chi connectivity index (χ1) is 14.5. The van der Waals surface area contributed by atoms with Gasteiger partial charge in [-0.15, -0.1) is 0 Å². The van der Waals surface area contributed by atoms with Gasteiger partial charge in [-0.3, -0.25) is 14.9 Å². The van der Waals surface area contributed by atoms with Gasteiger partial charge in [0.2, 0.25) is 5.91 Å². The maximum absolute atomic E-state index is 13.1. The molecule has 2 atom stereocenters. The molecule has 3 aromatic rings. The molecular formula is C23H24FN3O3. The smallest absolute Gasteiger partial charge is 0.305 e. The van der Waals surface area contributed by atoms with Gasteiger partial charge in [-0.05, 0) is 42.2 Å². The Hall–Kier alpha value is -3.19. The molecule has 0 saturated carbocycles. The maximum Gasteiger partial charge on any atom is 0.305 e. The highest BCUT2D eigenvalue weighted by atomic mass is 19.1. The number of hydrogen-bond donors (Lipinski definition) is 3.